The predicted molar refractivity (Wildman–Crippen MR) is 107 cm³/mol. The summed E-state index contributed by atoms with van der Waals surface area (Å²) in [5.74, 6) is 1.02. The van der Waals surface area contributed by atoms with Gasteiger partial charge in [0.25, 0.3) is 0 Å². The van der Waals surface area contributed by atoms with Gasteiger partial charge in [-0.3, -0.25) is 0 Å². The van der Waals surface area contributed by atoms with Crippen LogP contribution in [-0.4, -0.2) is 15.5 Å². The minimum absolute atomic E-state index is 0.238. The summed E-state index contributed by atoms with van der Waals surface area (Å²) in [6.07, 6.45) is 0. The van der Waals surface area contributed by atoms with Crippen molar-refractivity contribution in [3.8, 4) is 5.75 Å². The van der Waals surface area contributed by atoms with Gasteiger partial charge in [0.1, 0.15) is 13.0 Å². The van der Waals surface area contributed by atoms with Crippen LogP contribution in [0.25, 0.3) is 0 Å². The average molecular weight is 355 g/mol. The molecule has 0 atom stereocenters. The third-order valence-electron chi connectivity index (χ3n) is 5.18. The van der Waals surface area contributed by atoms with E-state index in [1.807, 2.05) is 0 Å². The molecule has 0 aliphatic carbocycles. The molecule has 0 aliphatic rings. The Kier molecular flexibility index (Phi) is 5.74. The first kappa shape index (κ1) is 19.8. The third-order valence-corrected chi connectivity index (χ3v) is 18.2. The van der Waals surface area contributed by atoms with Crippen molar-refractivity contribution in [2.24, 2.45) is 0 Å². The lowest BCUT2D eigenvalue weighted by molar-refractivity contribution is 0.492. The first-order valence-electron chi connectivity index (χ1n) is 8.14. The Morgan fingerprint density at radius 1 is 0.773 bits per heavy atom. The Morgan fingerprint density at radius 2 is 1.23 bits per heavy atom. The zero-order valence-corrected chi connectivity index (χ0v) is 18.9. The second kappa shape index (κ2) is 6.36. The third kappa shape index (κ3) is 4.90. The van der Waals surface area contributed by atoms with E-state index in [0.29, 0.717) is 5.04 Å². The van der Waals surface area contributed by atoms with E-state index in [1.54, 1.807) is 0 Å². The molecule has 22 heavy (non-hydrogen) atoms. The van der Waals surface area contributed by atoms with Gasteiger partial charge in [0, 0.05) is 4.90 Å². The SMILES string of the molecule is CC(C)(C)[Si](C)(C)Oc1ccc(S[Si](C)(C)C(C)(C)C)cc1. The van der Waals surface area contributed by atoms with Crippen LogP contribution in [0.2, 0.25) is 36.3 Å². The molecule has 1 nitrogen and oxygen atoms in total. The molecule has 1 aromatic rings. The minimum atomic E-state index is -1.74. The number of hydrogen-bond donors (Lipinski definition) is 0. The van der Waals surface area contributed by atoms with Crippen LogP contribution in [0.4, 0.5) is 0 Å². The Hall–Kier alpha value is -0.196. The highest BCUT2D eigenvalue weighted by atomic mass is 32.4. The Balaban J connectivity index is 2.85. The largest absolute Gasteiger partial charge is 0.544 e. The fourth-order valence-corrected chi connectivity index (χ4v) is 6.76. The highest BCUT2D eigenvalue weighted by molar-refractivity contribution is 8.29. The van der Waals surface area contributed by atoms with Crippen molar-refractivity contribution in [1.82, 2.24) is 0 Å². The van der Waals surface area contributed by atoms with Crippen LogP contribution in [0.1, 0.15) is 41.5 Å². The highest BCUT2D eigenvalue weighted by Crippen LogP contribution is 2.46. The van der Waals surface area contributed by atoms with Gasteiger partial charge in [-0.1, -0.05) is 54.6 Å². The van der Waals surface area contributed by atoms with Crippen molar-refractivity contribution in [3.05, 3.63) is 24.3 Å². The maximum atomic E-state index is 6.36. The van der Waals surface area contributed by atoms with Crippen LogP contribution in [0.15, 0.2) is 29.2 Å². The summed E-state index contributed by atoms with van der Waals surface area (Å²) in [7, 11) is -3.09. The van der Waals surface area contributed by atoms with E-state index in [2.05, 4.69) is 103 Å². The standard InChI is InChI=1S/C18H34OSSi2/c1-17(2,3)21(7,8)19-15-11-13-16(14-12-15)20-22(9,10)18(4,5)6/h11-14H,1-10H3. The molecule has 0 heterocycles. The first-order chi connectivity index (χ1) is 9.66. The molecule has 1 aromatic carbocycles. The molecule has 0 aromatic heterocycles. The van der Waals surface area contributed by atoms with Crippen molar-refractivity contribution in [3.63, 3.8) is 0 Å². The lowest BCUT2D eigenvalue weighted by atomic mass is 10.2. The van der Waals surface area contributed by atoms with Crippen LogP contribution in [0, 0.1) is 0 Å². The van der Waals surface area contributed by atoms with Gasteiger partial charge in [-0.2, -0.15) is 11.2 Å². The Morgan fingerprint density at radius 3 is 1.59 bits per heavy atom. The molecular formula is C18H34OSSi2. The van der Waals surface area contributed by atoms with E-state index in [9.17, 15) is 0 Å². The van der Waals surface area contributed by atoms with Gasteiger partial charge < -0.3 is 4.43 Å². The summed E-state index contributed by atoms with van der Waals surface area (Å²) in [5, 5.41) is 0.634. The molecule has 0 spiro atoms. The molecule has 0 radical (unpaired) electrons. The van der Waals surface area contributed by atoms with E-state index in [-0.39, 0.29) is 5.04 Å². The fraction of sp³-hybridized carbons (Fsp3) is 0.667. The van der Waals surface area contributed by atoms with Gasteiger partial charge >= 0.3 is 0 Å². The predicted octanol–water partition coefficient (Wildman–Crippen LogP) is 7.17. The fourth-order valence-electron chi connectivity index (χ4n) is 1.47. The van der Waals surface area contributed by atoms with Crippen molar-refractivity contribution in [2.75, 3.05) is 0 Å². The number of benzene rings is 1. The molecule has 0 amide bonds. The zero-order valence-electron chi connectivity index (χ0n) is 16.1. The summed E-state index contributed by atoms with van der Waals surface area (Å²) in [5.41, 5.74) is 0. The highest BCUT2D eigenvalue weighted by Gasteiger charge is 2.39. The molecule has 0 fully saturated rings. The Bertz CT molecular complexity index is 446. The van der Waals surface area contributed by atoms with Crippen LogP contribution in [0.5, 0.6) is 5.75 Å². The molecule has 0 N–H and O–H groups in total. The van der Waals surface area contributed by atoms with E-state index in [0.717, 1.165) is 5.75 Å². The summed E-state index contributed by atoms with van der Waals surface area (Å²) in [6.45, 7) is 23.4. The molecule has 1 rings (SSSR count). The molecule has 0 saturated carbocycles. The van der Waals surface area contributed by atoms with Gasteiger partial charge in [0.2, 0.25) is 8.32 Å². The van der Waals surface area contributed by atoms with Crippen molar-refractivity contribution in [2.45, 2.75) is 82.7 Å². The summed E-state index contributed by atoms with van der Waals surface area (Å²) < 4.78 is 6.36. The van der Waals surface area contributed by atoms with Gasteiger partial charge in [-0.25, -0.2) is 0 Å². The first-order valence-corrected chi connectivity index (χ1v) is 15.6. The van der Waals surface area contributed by atoms with E-state index >= 15 is 0 Å². The van der Waals surface area contributed by atoms with Gasteiger partial charge in [-0.05, 0) is 47.4 Å². The summed E-state index contributed by atoms with van der Waals surface area (Å²) in [4.78, 5) is 1.37. The molecular weight excluding hydrogens is 320 g/mol. The van der Waals surface area contributed by atoms with Gasteiger partial charge in [0.05, 0.1) is 0 Å². The van der Waals surface area contributed by atoms with E-state index in [4.69, 9.17) is 4.43 Å². The smallest absolute Gasteiger partial charge is 0.250 e. The van der Waals surface area contributed by atoms with Crippen molar-refractivity contribution >= 4 is 26.8 Å². The van der Waals surface area contributed by atoms with Crippen molar-refractivity contribution < 1.29 is 4.43 Å². The second-order valence-corrected chi connectivity index (χ2v) is 22.8. The Labute approximate surface area is 144 Å². The van der Waals surface area contributed by atoms with Gasteiger partial charge in [-0.15, -0.1) is 0 Å². The lowest BCUT2D eigenvalue weighted by Gasteiger charge is -2.37. The van der Waals surface area contributed by atoms with Gasteiger partial charge in [0.15, 0.2) is 0 Å². The topological polar surface area (TPSA) is 9.23 Å². The molecule has 0 unspecified atom stereocenters. The van der Waals surface area contributed by atoms with Crippen LogP contribution in [-0.2, 0) is 0 Å². The lowest BCUT2D eigenvalue weighted by Crippen LogP contribution is -2.43. The number of rotatable bonds is 4. The maximum Gasteiger partial charge on any atom is 0.250 e. The quantitative estimate of drug-likeness (QED) is 0.530. The molecule has 0 bridgehead atoms. The number of hydrogen-bond acceptors (Lipinski definition) is 2. The van der Waals surface area contributed by atoms with E-state index < -0.39 is 15.5 Å². The normalized spacial score (nSPS) is 14.1. The molecule has 126 valence electrons. The minimum Gasteiger partial charge on any atom is -0.544 e. The average Bonchev–Trinajstić information content (AvgIpc) is 2.28. The molecule has 0 saturated heterocycles. The van der Waals surface area contributed by atoms with E-state index in [1.165, 1.54) is 4.90 Å². The van der Waals surface area contributed by atoms with Crippen LogP contribution >= 0.6 is 11.2 Å². The zero-order chi connectivity index (χ0) is 17.4. The maximum absolute atomic E-state index is 6.36. The van der Waals surface area contributed by atoms with Crippen molar-refractivity contribution in [1.29, 1.82) is 0 Å². The monoisotopic (exact) mass is 354 g/mol. The van der Waals surface area contributed by atoms with Crippen LogP contribution in [0.3, 0.4) is 0 Å². The second-order valence-electron chi connectivity index (χ2n) is 9.20. The molecule has 4 heteroatoms. The summed E-state index contributed by atoms with van der Waals surface area (Å²) in [6, 6.07) is 8.76. The summed E-state index contributed by atoms with van der Waals surface area (Å²) >= 11 is 2.08. The molecule has 0 aliphatic heterocycles. The van der Waals surface area contributed by atoms with Crippen LogP contribution < -0.4 is 4.43 Å².